The number of rotatable bonds is 4. The molecule has 4 saturated carbocycles. The fourth-order valence-corrected chi connectivity index (χ4v) is 7.39. The van der Waals surface area contributed by atoms with E-state index < -0.39 is 0 Å². The van der Waals surface area contributed by atoms with Crippen LogP contribution in [0.5, 0.6) is 11.5 Å². The lowest BCUT2D eigenvalue weighted by Gasteiger charge is -2.57. The van der Waals surface area contributed by atoms with E-state index in [2.05, 4.69) is 21.9 Å². The van der Waals surface area contributed by atoms with Crippen molar-refractivity contribution in [3.8, 4) is 11.5 Å². The Bertz CT molecular complexity index is 764. The molecule has 5 fully saturated rings. The summed E-state index contributed by atoms with van der Waals surface area (Å²) in [5.41, 5.74) is 1.61. The van der Waals surface area contributed by atoms with Gasteiger partial charge in [0.15, 0.2) is 11.5 Å². The van der Waals surface area contributed by atoms with E-state index >= 15 is 0 Å². The Kier molecular flexibility index (Phi) is 4.30. The molecule has 0 radical (unpaired) electrons. The van der Waals surface area contributed by atoms with Crippen LogP contribution in [0, 0.1) is 23.2 Å². The molecule has 1 aromatic rings. The van der Waals surface area contributed by atoms with Gasteiger partial charge in [-0.15, -0.1) is 0 Å². The van der Waals surface area contributed by atoms with Crippen LogP contribution in [0.15, 0.2) is 18.2 Å². The van der Waals surface area contributed by atoms with Gasteiger partial charge in [0.25, 0.3) is 0 Å². The Morgan fingerprint density at radius 2 is 1.59 bits per heavy atom. The van der Waals surface area contributed by atoms with Crippen molar-refractivity contribution in [1.29, 1.82) is 0 Å². The largest absolute Gasteiger partial charge is 0.454 e. The van der Waals surface area contributed by atoms with Gasteiger partial charge in [0.2, 0.25) is 12.7 Å². The molecule has 2 heterocycles. The zero-order valence-electron chi connectivity index (χ0n) is 17.3. The Labute approximate surface area is 173 Å². The number of hydrogen-bond donors (Lipinski definition) is 0. The molecule has 4 bridgehead atoms. The monoisotopic (exact) mass is 396 g/mol. The summed E-state index contributed by atoms with van der Waals surface area (Å²) in [7, 11) is 0. The predicted octanol–water partition coefficient (Wildman–Crippen LogP) is 3.67. The van der Waals surface area contributed by atoms with Gasteiger partial charge in [-0.1, -0.05) is 6.07 Å². The van der Waals surface area contributed by atoms with Gasteiger partial charge in [0.1, 0.15) is 0 Å². The third-order valence-electron chi connectivity index (χ3n) is 8.26. The highest BCUT2D eigenvalue weighted by molar-refractivity contribution is 5.77. The van der Waals surface area contributed by atoms with Crippen molar-refractivity contribution in [1.82, 2.24) is 9.80 Å². The second-order valence-corrected chi connectivity index (χ2v) is 10.4. The number of fused-ring (bicyclic) bond motifs is 1. The van der Waals surface area contributed by atoms with E-state index in [0.717, 1.165) is 68.4 Å². The number of amides is 1. The molecule has 0 unspecified atom stereocenters. The highest BCUT2D eigenvalue weighted by Gasteiger charge is 2.51. The van der Waals surface area contributed by atoms with Gasteiger partial charge in [-0.25, -0.2) is 0 Å². The maximum atomic E-state index is 13.2. The lowest BCUT2D eigenvalue weighted by atomic mass is 9.49. The molecule has 0 aromatic heterocycles. The second-order valence-electron chi connectivity index (χ2n) is 10.4. The van der Waals surface area contributed by atoms with E-state index in [0.29, 0.717) is 18.1 Å². The summed E-state index contributed by atoms with van der Waals surface area (Å²) in [5, 5.41) is 0. The third-order valence-corrected chi connectivity index (χ3v) is 8.26. The summed E-state index contributed by atoms with van der Waals surface area (Å²) in [6.07, 6.45) is 9.15. The Hall–Kier alpha value is -1.75. The van der Waals surface area contributed by atoms with Crippen molar-refractivity contribution in [2.24, 2.45) is 23.2 Å². The number of piperazine rings is 1. The SMILES string of the molecule is O=C(CC12CC3CC(CC(C3)C1)C2)N1CCN(Cc2ccc3c(c2)OCO3)CC1. The first-order valence-corrected chi connectivity index (χ1v) is 11.5. The van der Waals surface area contributed by atoms with Crippen LogP contribution in [-0.2, 0) is 11.3 Å². The molecule has 5 heteroatoms. The fourth-order valence-electron chi connectivity index (χ4n) is 7.39. The number of carbonyl (C=O) groups is 1. The molecule has 2 aliphatic heterocycles. The molecule has 7 rings (SSSR count). The number of nitrogens with zero attached hydrogens (tertiary/aromatic N) is 2. The first-order valence-electron chi connectivity index (χ1n) is 11.5. The van der Waals surface area contributed by atoms with E-state index in [1.54, 1.807) is 0 Å². The molecule has 1 aromatic carbocycles. The Morgan fingerprint density at radius 1 is 0.931 bits per heavy atom. The van der Waals surface area contributed by atoms with Gasteiger partial charge >= 0.3 is 0 Å². The highest BCUT2D eigenvalue weighted by atomic mass is 16.7. The van der Waals surface area contributed by atoms with E-state index in [1.165, 1.54) is 44.1 Å². The van der Waals surface area contributed by atoms with Gasteiger partial charge in [0, 0.05) is 39.1 Å². The zero-order chi connectivity index (χ0) is 19.4. The number of ether oxygens (including phenoxy) is 2. The van der Waals surface area contributed by atoms with Crippen LogP contribution < -0.4 is 9.47 Å². The summed E-state index contributed by atoms with van der Waals surface area (Å²) in [4.78, 5) is 17.8. The lowest BCUT2D eigenvalue weighted by molar-refractivity contribution is -0.141. The number of carbonyl (C=O) groups excluding carboxylic acids is 1. The Morgan fingerprint density at radius 3 is 2.28 bits per heavy atom. The summed E-state index contributed by atoms with van der Waals surface area (Å²) >= 11 is 0. The average Bonchev–Trinajstić information content (AvgIpc) is 3.15. The first kappa shape index (κ1) is 18.1. The molecule has 0 N–H and O–H groups in total. The molecule has 0 atom stereocenters. The summed E-state index contributed by atoms with van der Waals surface area (Å²) in [5.74, 6) is 4.89. The van der Waals surface area contributed by atoms with Crippen LogP contribution in [0.25, 0.3) is 0 Å². The molecular weight excluding hydrogens is 364 g/mol. The van der Waals surface area contributed by atoms with Crippen molar-refractivity contribution in [3.05, 3.63) is 23.8 Å². The standard InChI is InChI=1S/C24H32N2O3/c27-23(14-24-11-18-7-19(12-24)9-20(8-18)13-24)26-5-3-25(4-6-26)15-17-1-2-21-22(10-17)29-16-28-21/h1-2,10,18-20H,3-9,11-16H2. The predicted molar refractivity (Wildman–Crippen MR) is 110 cm³/mol. The molecule has 156 valence electrons. The summed E-state index contributed by atoms with van der Waals surface area (Å²) in [6, 6.07) is 6.22. The van der Waals surface area contributed by atoms with E-state index in [-0.39, 0.29) is 0 Å². The van der Waals surface area contributed by atoms with Gasteiger partial charge < -0.3 is 14.4 Å². The minimum Gasteiger partial charge on any atom is -0.454 e. The molecule has 6 aliphatic rings. The van der Waals surface area contributed by atoms with Gasteiger partial charge in [-0.3, -0.25) is 9.69 Å². The molecule has 4 aliphatic carbocycles. The van der Waals surface area contributed by atoms with E-state index in [9.17, 15) is 4.79 Å². The maximum Gasteiger partial charge on any atom is 0.231 e. The van der Waals surface area contributed by atoms with Crippen molar-refractivity contribution in [2.75, 3.05) is 33.0 Å². The molecule has 1 saturated heterocycles. The van der Waals surface area contributed by atoms with Crippen LogP contribution in [0.4, 0.5) is 0 Å². The molecule has 0 spiro atoms. The van der Waals surface area contributed by atoms with Gasteiger partial charge in [-0.2, -0.15) is 0 Å². The van der Waals surface area contributed by atoms with Crippen molar-refractivity contribution >= 4 is 5.91 Å². The smallest absolute Gasteiger partial charge is 0.231 e. The van der Waals surface area contributed by atoms with Gasteiger partial charge in [-0.05, 0) is 79.4 Å². The van der Waals surface area contributed by atoms with Crippen LogP contribution in [0.1, 0.15) is 50.5 Å². The van der Waals surface area contributed by atoms with E-state index in [4.69, 9.17) is 9.47 Å². The topological polar surface area (TPSA) is 42.0 Å². The van der Waals surface area contributed by atoms with Crippen LogP contribution in [-0.4, -0.2) is 48.7 Å². The lowest BCUT2D eigenvalue weighted by Crippen LogP contribution is -2.52. The van der Waals surface area contributed by atoms with Gasteiger partial charge in [0.05, 0.1) is 0 Å². The van der Waals surface area contributed by atoms with Crippen molar-refractivity contribution in [2.45, 2.75) is 51.5 Å². The minimum absolute atomic E-state index is 0.323. The molecule has 5 nitrogen and oxygen atoms in total. The minimum atomic E-state index is 0.323. The van der Waals surface area contributed by atoms with Crippen LogP contribution in [0.2, 0.25) is 0 Å². The van der Waals surface area contributed by atoms with E-state index in [1.807, 2.05) is 6.07 Å². The number of benzene rings is 1. The molecular formula is C24H32N2O3. The quantitative estimate of drug-likeness (QED) is 0.779. The van der Waals surface area contributed by atoms with Crippen molar-refractivity contribution < 1.29 is 14.3 Å². The third kappa shape index (κ3) is 3.41. The fraction of sp³-hybridized carbons (Fsp3) is 0.708. The zero-order valence-corrected chi connectivity index (χ0v) is 17.3. The molecule has 29 heavy (non-hydrogen) atoms. The summed E-state index contributed by atoms with van der Waals surface area (Å²) in [6.45, 7) is 4.89. The molecule has 1 amide bonds. The average molecular weight is 397 g/mol. The highest BCUT2D eigenvalue weighted by Crippen LogP contribution is 2.61. The van der Waals surface area contributed by atoms with Crippen molar-refractivity contribution in [3.63, 3.8) is 0 Å². The van der Waals surface area contributed by atoms with Crippen LogP contribution >= 0.6 is 0 Å². The second kappa shape index (κ2) is 6.90. The number of hydrogen-bond acceptors (Lipinski definition) is 4. The maximum absolute atomic E-state index is 13.2. The normalized spacial score (nSPS) is 35.3. The van der Waals surface area contributed by atoms with Crippen LogP contribution in [0.3, 0.4) is 0 Å². The summed E-state index contributed by atoms with van der Waals surface area (Å²) < 4.78 is 10.9. The Balaban J connectivity index is 1.03. The first-order chi connectivity index (χ1) is 14.1.